The normalized spacial score (nSPS) is 14.2. The molecule has 23 heavy (non-hydrogen) atoms. The third kappa shape index (κ3) is 3.30. The van der Waals surface area contributed by atoms with E-state index in [1.165, 1.54) is 18.2 Å². The third-order valence-electron chi connectivity index (χ3n) is 3.65. The lowest BCUT2D eigenvalue weighted by Crippen LogP contribution is -2.27. The molecular formula is C16H15N3O3S. The zero-order chi connectivity index (χ0) is 16.4. The number of anilines is 1. The number of nitrogens with zero attached hydrogens (tertiary/aromatic N) is 2. The molecule has 0 aliphatic carbocycles. The molecule has 0 saturated carbocycles. The molecular weight excluding hydrogens is 314 g/mol. The van der Waals surface area contributed by atoms with Crippen molar-refractivity contribution in [1.29, 1.82) is 0 Å². The van der Waals surface area contributed by atoms with Gasteiger partial charge in [-0.2, -0.15) is 0 Å². The lowest BCUT2D eigenvalue weighted by molar-refractivity contribution is -0.114. The maximum Gasteiger partial charge on any atom is 0.251 e. The summed E-state index contributed by atoms with van der Waals surface area (Å²) >= 11 is 0. The summed E-state index contributed by atoms with van der Waals surface area (Å²) in [6.07, 6.45) is 7.13. The van der Waals surface area contributed by atoms with E-state index >= 15 is 0 Å². The molecule has 1 aliphatic heterocycles. The van der Waals surface area contributed by atoms with Crippen LogP contribution < -0.4 is 10.0 Å². The molecule has 1 aliphatic rings. The van der Waals surface area contributed by atoms with Crippen LogP contribution >= 0.6 is 0 Å². The number of aromatic nitrogens is 1. The molecule has 7 heteroatoms. The monoisotopic (exact) mass is 329 g/mol. The van der Waals surface area contributed by atoms with Gasteiger partial charge < -0.3 is 4.90 Å². The summed E-state index contributed by atoms with van der Waals surface area (Å²) in [5.41, 5.74) is 2.34. The zero-order valence-electron chi connectivity index (χ0n) is 12.2. The molecule has 2 heterocycles. The van der Waals surface area contributed by atoms with Gasteiger partial charge >= 0.3 is 0 Å². The Bertz CT molecular complexity index is 877. The average Bonchev–Trinajstić information content (AvgIpc) is 2.96. The first kappa shape index (κ1) is 15.4. The standard InChI is InChI=1S/C16H15N3O3S/c17-23(21,22)14-5-4-13-7-9-19(15(13)10-14)16(20)6-3-12-2-1-8-18-11-12/h1-6,8,10-11H,7,9H2,(H2,17,21,22)/b6-3-. The van der Waals surface area contributed by atoms with Crippen molar-refractivity contribution in [2.75, 3.05) is 11.4 Å². The van der Waals surface area contributed by atoms with E-state index < -0.39 is 10.0 Å². The first-order chi connectivity index (χ1) is 10.9. The van der Waals surface area contributed by atoms with Crippen molar-refractivity contribution < 1.29 is 13.2 Å². The van der Waals surface area contributed by atoms with Crippen LogP contribution in [0.3, 0.4) is 0 Å². The number of carbonyl (C=O) groups is 1. The highest BCUT2D eigenvalue weighted by atomic mass is 32.2. The molecule has 1 amide bonds. The smallest absolute Gasteiger partial charge is 0.251 e. The summed E-state index contributed by atoms with van der Waals surface area (Å²) in [6, 6.07) is 8.25. The number of sulfonamides is 1. The van der Waals surface area contributed by atoms with Crippen LogP contribution in [-0.4, -0.2) is 25.9 Å². The average molecular weight is 329 g/mol. The van der Waals surface area contributed by atoms with Crippen LogP contribution in [0.15, 0.2) is 53.7 Å². The van der Waals surface area contributed by atoms with Gasteiger partial charge in [0.15, 0.2) is 0 Å². The number of rotatable bonds is 3. The Hall–Kier alpha value is -2.51. The van der Waals surface area contributed by atoms with Crippen LogP contribution in [0.25, 0.3) is 6.08 Å². The quantitative estimate of drug-likeness (QED) is 0.860. The SMILES string of the molecule is NS(=O)(=O)c1ccc2c(c1)N(C(=O)/C=C\c1cccnc1)CC2. The van der Waals surface area contributed by atoms with E-state index in [9.17, 15) is 13.2 Å². The highest BCUT2D eigenvalue weighted by Crippen LogP contribution is 2.30. The number of nitrogens with two attached hydrogens (primary N) is 1. The molecule has 0 bridgehead atoms. The van der Waals surface area contributed by atoms with Crippen molar-refractivity contribution in [3.8, 4) is 0 Å². The number of fused-ring (bicyclic) bond motifs is 1. The van der Waals surface area contributed by atoms with Crippen LogP contribution in [0.4, 0.5) is 5.69 Å². The van der Waals surface area contributed by atoms with E-state index in [0.717, 1.165) is 11.1 Å². The number of primary sulfonamides is 1. The maximum atomic E-state index is 12.4. The topological polar surface area (TPSA) is 93.4 Å². The van der Waals surface area contributed by atoms with Crippen molar-refractivity contribution in [3.63, 3.8) is 0 Å². The van der Waals surface area contributed by atoms with Crippen molar-refractivity contribution in [2.24, 2.45) is 5.14 Å². The molecule has 1 aromatic heterocycles. The molecule has 0 saturated heterocycles. The van der Waals surface area contributed by atoms with E-state index in [1.54, 1.807) is 35.5 Å². The summed E-state index contributed by atoms with van der Waals surface area (Å²) in [5, 5.41) is 5.15. The van der Waals surface area contributed by atoms with Gasteiger partial charge in [0.1, 0.15) is 0 Å². The number of benzene rings is 1. The highest BCUT2D eigenvalue weighted by molar-refractivity contribution is 7.89. The highest BCUT2D eigenvalue weighted by Gasteiger charge is 2.24. The molecule has 0 fully saturated rings. The third-order valence-corrected chi connectivity index (χ3v) is 4.56. The Morgan fingerprint density at radius 1 is 1.30 bits per heavy atom. The van der Waals surface area contributed by atoms with E-state index in [0.29, 0.717) is 18.7 Å². The summed E-state index contributed by atoms with van der Waals surface area (Å²) in [4.78, 5) is 17.9. The first-order valence-electron chi connectivity index (χ1n) is 7.00. The van der Waals surface area contributed by atoms with E-state index in [-0.39, 0.29) is 10.8 Å². The van der Waals surface area contributed by atoms with Gasteiger partial charge in [-0.05, 0) is 41.8 Å². The number of hydrogen-bond acceptors (Lipinski definition) is 4. The van der Waals surface area contributed by atoms with Gasteiger partial charge in [0.25, 0.3) is 5.91 Å². The Kier molecular flexibility index (Phi) is 3.97. The Morgan fingerprint density at radius 3 is 2.83 bits per heavy atom. The van der Waals surface area contributed by atoms with Crippen molar-refractivity contribution in [2.45, 2.75) is 11.3 Å². The van der Waals surface area contributed by atoms with Crippen LogP contribution in [0, 0.1) is 0 Å². The molecule has 6 nitrogen and oxygen atoms in total. The second kappa shape index (κ2) is 5.94. The van der Waals surface area contributed by atoms with Crippen LogP contribution in [0.5, 0.6) is 0 Å². The second-order valence-corrected chi connectivity index (χ2v) is 6.76. The molecule has 2 aromatic rings. The fourth-order valence-corrected chi connectivity index (χ4v) is 3.03. The number of hydrogen-bond donors (Lipinski definition) is 1. The summed E-state index contributed by atoms with van der Waals surface area (Å²) in [7, 11) is -3.79. The number of amides is 1. The van der Waals surface area contributed by atoms with Crippen molar-refractivity contribution in [3.05, 3.63) is 59.9 Å². The first-order valence-corrected chi connectivity index (χ1v) is 8.55. The number of carbonyl (C=O) groups excluding carboxylic acids is 1. The van der Waals surface area contributed by atoms with Gasteiger partial charge in [-0.1, -0.05) is 12.1 Å². The summed E-state index contributed by atoms with van der Waals surface area (Å²) < 4.78 is 22.9. The van der Waals surface area contributed by atoms with Gasteiger partial charge in [0, 0.05) is 30.7 Å². The van der Waals surface area contributed by atoms with E-state index in [2.05, 4.69) is 4.98 Å². The van der Waals surface area contributed by atoms with E-state index in [1.807, 2.05) is 6.07 Å². The van der Waals surface area contributed by atoms with Gasteiger partial charge in [-0.25, -0.2) is 13.6 Å². The molecule has 3 rings (SSSR count). The van der Waals surface area contributed by atoms with Gasteiger partial charge in [-0.15, -0.1) is 0 Å². The lowest BCUT2D eigenvalue weighted by atomic mass is 10.2. The van der Waals surface area contributed by atoms with Crippen LogP contribution in [-0.2, 0) is 21.2 Å². The Labute approximate surface area is 134 Å². The zero-order valence-corrected chi connectivity index (χ0v) is 13.0. The van der Waals surface area contributed by atoms with Crippen LogP contribution in [0.2, 0.25) is 0 Å². The summed E-state index contributed by atoms with van der Waals surface area (Å²) in [6.45, 7) is 0.514. The molecule has 0 atom stereocenters. The maximum absolute atomic E-state index is 12.4. The molecule has 0 spiro atoms. The van der Waals surface area contributed by atoms with Crippen molar-refractivity contribution >= 4 is 27.7 Å². The molecule has 118 valence electrons. The molecule has 2 N–H and O–H groups in total. The lowest BCUT2D eigenvalue weighted by Gasteiger charge is -2.15. The predicted molar refractivity (Wildman–Crippen MR) is 87.1 cm³/mol. The Balaban J connectivity index is 1.87. The van der Waals surface area contributed by atoms with Crippen LogP contribution in [0.1, 0.15) is 11.1 Å². The minimum atomic E-state index is -3.79. The predicted octanol–water partition coefficient (Wildman–Crippen LogP) is 1.33. The van der Waals surface area contributed by atoms with Crippen molar-refractivity contribution in [1.82, 2.24) is 4.98 Å². The largest absolute Gasteiger partial charge is 0.308 e. The summed E-state index contributed by atoms with van der Waals surface area (Å²) in [5.74, 6) is -0.209. The number of pyridine rings is 1. The molecule has 0 radical (unpaired) electrons. The Morgan fingerprint density at radius 2 is 2.13 bits per heavy atom. The minimum Gasteiger partial charge on any atom is -0.308 e. The minimum absolute atomic E-state index is 0.00666. The van der Waals surface area contributed by atoms with Gasteiger partial charge in [0.05, 0.1) is 4.90 Å². The van der Waals surface area contributed by atoms with E-state index in [4.69, 9.17) is 5.14 Å². The molecule has 0 unspecified atom stereocenters. The second-order valence-electron chi connectivity index (χ2n) is 5.20. The molecule has 1 aromatic carbocycles. The fraction of sp³-hybridized carbons (Fsp3) is 0.125. The fourth-order valence-electron chi connectivity index (χ4n) is 2.50. The van der Waals surface area contributed by atoms with Gasteiger partial charge in [-0.3, -0.25) is 9.78 Å². The van der Waals surface area contributed by atoms with Gasteiger partial charge in [0.2, 0.25) is 10.0 Å².